The maximum Gasteiger partial charge on any atom is 0.186 e. The van der Waals surface area contributed by atoms with E-state index in [0.29, 0.717) is 25.7 Å². The largest absolute Gasteiger partial charge is 0.391 e. The van der Waals surface area contributed by atoms with Crippen molar-refractivity contribution in [1.29, 1.82) is 0 Å². The van der Waals surface area contributed by atoms with E-state index in [-0.39, 0.29) is 29.6 Å². The molecule has 7 rings (SSSR count). The molecule has 7 aliphatic rings. The van der Waals surface area contributed by atoms with Gasteiger partial charge in [-0.05, 0) is 77.2 Å². The van der Waals surface area contributed by atoms with Crippen LogP contribution in [0.25, 0.3) is 0 Å². The third-order valence-electron chi connectivity index (χ3n) is 12.3. The minimum atomic E-state index is -0.994. The highest BCUT2D eigenvalue weighted by Gasteiger charge is 2.76. The van der Waals surface area contributed by atoms with Gasteiger partial charge in [0, 0.05) is 17.8 Å². The van der Waals surface area contributed by atoms with Crippen molar-refractivity contribution in [3.8, 4) is 0 Å². The SMILES string of the molecule is CC12CC(C3CC4CC3(O)C3(C)CCC5C(=C43)CC(O)C3(Cl)CC=CC(=O)C53C)OC(O)C1(C)O2. The molecular weight excluding hydrogens is 468 g/mol. The first-order valence-corrected chi connectivity index (χ1v) is 13.7. The number of allylic oxidation sites excluding steroid dienone is 2. The Morgan fingerprint density at radius 3 is 2.60 bits per heavy atom. The van der Waals surface area contributed by atoms with Gasteiger partial charge in [-0.15, -0.1) is 11.6 Å². The fourth-order valence-electron chi connectivity index (χ4n) is 9.97. The molecule has 0 amide bonds. The molecule has 5 aliphatic carbocycles. The zero-order chi connectivity index (χ0) is 25.0. The number of halogens is 1. The summed E-state index contributed by atoms with van der Waals surface area (Å²) in [7, 11) is 0. The number of aliphatic hydroxyl groups is 3. The van der Waals surface area contributed by atoms with Gasteiger partial charge in [0.15, 0.2) is 12.1 Å². The van der Waals surface area contributed by atoms with Crippen molar-refractivity contribution >= 4 is 17.4 Å². The van der Waals surface area contributed by atoms with E-state index in [1.807, 2.05) is 26.8 Å². The molecule has 12 unspecified atom stereocenters. The first-order valence-electron chi connectivity index (χ1n) is 13.3. The number of alkyl halides is 1. The molecule has 2 bridgehead atoms. The highest BCUT2D eigenvalue weighted by Crippen LogP contribution is 2.74. The van der Waals surface area contributed by atoms with E-state index in [1.54, 1.807) is 6.08 Å². The Labute approximate surface area is 211 Å². The smallest absolute Gasteiger partial charge is 0.186 e. The molecule has 35 heavy (non-hydrogen) atoms. The molecule has 0 aromatic rings. The second-order valence-electron chi connectivity index (χ2n) is 13.5. The summed E-state index contributed by atoms with van der Waals surface area (Å²) in [4.78, 5) is 12.3. The number of hydrogen-bond donors (Lipinski definition) is 3. The Morgan fingerprint density at radius 2 is 1.89 bits per heavy atom. The van der Waals surface area contributed by atoms with Crippen LogP contribution in [0.5, 0.6) is 0 Å². The van der Waals surface area contributed by atoms with Crippen molar-refractivity contribution < 1.29 is 29.6 Å². The van der Waals surface area contributed by atoms with Gasteiger partial charge < -0.3 is 24.8 Å². The second-order valence-corrected chi connectivity index (χ2v) is 14.1. The normalized spacial score (nSPS) is 62.3. The Hall–Kier alpha value is -0.760. The van der Waals surface area contributed by atoms with Gasteiger partial charge in [-0.1, -0.05) is 24.1 Å². The average Bonchev–Trinajstić information content (AvgIpc) is 3.07. The van der Waals surface area contributed by atoms with E-state index < -0.39 is 44.9 Å². The third-order valence-corrected chi connectivity index (χ3v) is 13.1. The minimum Gasteiger partial charge on any atom is -0.391 e. The molecule has 3 N–H and O–H groups in total. The number of aliphatic hydroxyl groups excluding tert-OH is 2. The van der Waals surface area contributed by atoms with Gasteiger partial charge in [-0.25, -0.2) is 0 Å². The summed E-state index contributed by atoms with van der Waals surface area (Å²) >= 11 is 7.10. The van der Waals surface area contributed by atoms with Crippen molar-refractivity contribution in [2.24, 2.45) is 28.6 Å². The molecule has 5 fully saturated rings. The zero-order valence-corrected chi connectivity index (χ0v) is 21.8. The summed E-state index contributed by atoms with van der Waals surface area (Å²) < 4.78 is 12.0. The lowest BCUT2D eigenvalue weighted by atomic mass is 9.46. The summed E-state index contributed by atoms with van der Waals surface area (Å²) in [5.41, 5.74) is -0.899. The molecule has 3 saturated carbocycles. The van der Waals surface area contributed by atoms with Gasteiger partial charge in [0.25, 0.3) is 0 Å². The summed E-state index contributed by atoms with van der Waals surface area (Å²) in [6.07, 6.45) is 6.00. The molecule has 2 aliphatic heterocycles. The number of ketones is 1. The molecule has 0 aromatic heterocycles. The quantitative estimate of drug-likeness (QED) is 0.287. The molecule has 12 atom stereocenters. The third kappa shape index (κ3) is 2.36. The fourth-order valence-corrected chi connectivity index (χ4v) is 10.4. The molecular formula is C28H37ClO6. The van der Waals surface area contributed by atoms with Gasteiger partial charge in [0.1, 0.15) is 11.2 Å². The maximum atomic E-state index is 13.3. The van der Waals surface area contributed by atoms with Crippen molar-refractivity contribution in [3.63, 3.8) is 0 Å². The molecule has 2 heterocycles. The van der Waals surface area contributed by atoms with Crippen LogP contribution in [-0.4, -0.2) is 61.3 Å². The van der Waals surface area contributed by atoms with E-state index in [2.05, 4.69) is 6.92 Å². The molecule has 2 saturated heterocycles. The Balaban J connectivity index is 1.28. The van der Waals surface area contributed by atoms with Crippen LogP contribution in [0.2, 0.25) is 0 Å². The van der Waals surface area contributed by atoms with Crippen LogP contribution in [0.4, 0.5) is 0 Å². The monoisotopic (exact) mass is 504 g/mol. The van der Waals surface area contributed by atoms with Gasteiger partial charge in [0.2, 0.25) is 0 Å². The number of fused-ring (bicyclic) bond motifs is 9. The van der Waals surface area contributed by atoms with Gasteiger partial charge >= 0.3 is 0 Å². The number of rotatable bonds is 1. The van der Waals surface area contributed by atoms with Crippen molar-refractivity contribution in [1.82, 2.24) is 0 Å². The fraction of sp³-hybridized carbons (Fsp3) is 0.821. The molecule has 0 radical (unpaired) electrons. The first-order chi connectivity index (χ1) is 16.3. The zero-order valence-electron chi connectivity index (χ0n) is 21.0. The molecule has 7 heteroatoms. The Bertz CT molecular complexity index is 1100. The average molecular weight is 505 g/mol. The van der Waals surface area contributed by atoms with E-state index in [9.17, 15) is 20.1 Å². The van der Waals surface area contributed by atoms with E-state index in [1.165, 1.54) is 11.1 Å². The van der Waals surface area contributed by atoms with E-state index in [4.69, 9.17) is 21.1 Å². The molecule has 6 nitrogen and oxygen atoms in total. The highest BCUT2D eigenvalue weighted by atomic mass is 35.5. The lowest BCUT2D eigenvalue weighted by Gasteiger charge is -2.61. The number of epoxide rings is 1. The van der Waals surface area contributed by atoms with Crippen LogP contribution in [-0.2, 0) is 14.3 Å². The van der Waals surface area contributed by atoms with Gasteiger partial charge in [0.05, 0.1) is 28.1 Å². The first kappa shape index (κ1) is 23.4. The van der Waals surface area contributed by atoms with Crippen LogP contribution < -0.4 is 0 Å². The lowest BCUT2D eigenvalue weighted by Crippen LogP contribution is -2.65. The summed E-state index contributed by atoms with van der Waals surface area (Å²) in [6.45, 7) is 8.05. The Morgan fingerprint density at radius 1 is 1.14 bits per heavy atom. The van der Waals surface area contributed by atoms with Crippen LogP contribution >= 0.6 is 11.6 Å². The summed E-state index contributed by atoms with van der Waals surface area (Å²) in [5, 5.41) is 34.4. The van der Waals surface area contributed by atoms with Crippen molar-refractivity contribution in [3.05, 3.63) is 23.3 Å². The van der Waals surface area contributed by atoms with Crippen LogP contribution in [0, 0.1) is 28.6 Å². The predicted molar refractivity (Wildman–Crippen MR) is 128 cm³/mol. The molecule has 0 spiro atoms. The predicted octanol–water partition coefficient (Wildman–Crippen LogP) is 3.40. The second kappa shape index (κ2) is 6.44. The standard InChI is InChI=1S/C28H37ClO6/c1-23-9-7-16-15(11-20(31)27(29)8-5-6-19(30)25(16,27)3)21(23)14-10-17(28(23,33)12-14)18-13-24(2)26(4,35-24)22(32)34-18/h5-6,14,16-18,20,22,31-33H,7-13H2,1-4H3. The van der Waals surface area contributed by atoms with E-state index >= 15 is 0 Å². The highest BCUT2D eigenvalue weighted by molar-refractivity contribution is 6.28. The Kier molecular flexibility index (Phi) is 4.30. The topological polar surface area (TPSA) is 99.5 Å². The number of ether oxygens (including phenoxy) is 2. The lowest BCUT2D eigenvalue weighted by molar-refractivity contribution is -0.223. The van der Waals surface area contributed by atoms with Crippen molar-refractivity contribution in [2.45, 2.75) is 113 Å². The van der Waals surface area contributed by atoms with Crippen molar-refractivity contribution in [2.75, 3.05) is 0 Å². The maximum absolute atomic E-state index is 13.3. The number of carbonyl (C=O) groups is 1. The van der Waals surface area contributed by atoms with E-state index in [0.717, 1.165) is 19.3 Å². The minimum absolute atomic E-state index is 0.00858. The summed E-state index contributed by atoms with van der Waals surface area (Å²) in [5.74, 6) is 0.0866. The molecule has 0 aromatic carbocycles. The van der Waals surface area contributed by atoms with Gasteiger partial charge in [-0.3, -0.25) is 4.79 Å². The number of hydrogen-bond acceptors (Lipinski definition) is 6. The summed E-state index contributed by atoms with van der Waals surface area (Å²) in [6, 6.07) is 0. The van der Waals surface area contributed by atoms with Gasteiger partial charge in [-0.2, -0.15) is 0 Å². The number of carbonyl (C=O) groups excluding carboxylic acids is 1. The molecule has 192 valence electrons. The van der Waals surface area contributed by atoms with Crippen LogP contribution in [0.3, 0.4) is 0 Å². The van der Waals surface area contributed by atoms with Crippen LogP contribution in [0.1, 0.15) is 72.6 Å². The van der Waals surface area contributed by atoms with Crippen LogP contribution in [0.15, 0.2) is 23.3 Å².